The van der Waals surface area contributed by atoms with E-state index >= 15 is 0 Å². The molecule has 0 amide bonds. The fourth-order valence-electron chi connectivity index (χ4n) is 1.97. The van der Waals surface area contributed by atoms with E-state index in [0.29, 0.717) is 25.2 Å². The summed E-state index contributed by atoms with van der Waals surface area (Å²) in [7, 11) is 1.99. The summed E-state index contributed by atoms with van der Waals surface area (Å²) < 4.78 is 11.2. The molecule has 0 aliphatic carbocycles. The first-order chi connectivity index (χ1) is 9.17. The highest BCUT2D eigenvalue weighted by Gasteiger charge is 2.07. The van der Waals surface area contributed by atoms with E-state index in [4.69, 9.17) is 9.47 Å². The zero-order chi connectivity index (χ0) is 14.1. The summed E-state index contributed by atoms with van der Waals surface area (Å²) in [5.41, 5.74) is 1.27. The molecule has 1 atom stereocenters. The molecule has 3 heteroatoms. The van der Waals surface area contributed by atoms with E-state index in [1.165, 1.54) is 5.56 Å². The summed E-state index contributed by atoms with van der Waals surface area (Å²) in [5, 5.41) is 3.30. The van der Waals surface area contributed by atoms with Crippen LogP contribution >= 0.6 is 0 Å². The van der Waals surface area contributed by atoms with Crippen molar-refractivity contribution < 1.29 is 9.47 Å². The molecule has 3 nitrogen and oxygen atoms in total. The second kappa shape index (κ2) is 8.94. The Morgan fingerprint density at radius 1 is 1.21 bits per heavy atom. The van der Waals surface area contributed by atoms with Crippen LogP contribution in [0.5, 0.6) is 5.75 Å². The van der Waals surface area contributed by atoms with Gasteiger partial charge in [0.25, 0.3) is 0 Å². The van der Waals surface area contributed by atoms with Crippen LogP contribution in [-0.4, -0.2) is 26.9 Å². The van der Waals surface area contributed by atoms with Gasteiger partial charge in [-0.25, -0.2) is 0 Å². The van der Waals surface area contributed by atoms with E-state index in [2.05, 4.69) is 38.2 Å². The number of hydrogen-bond acceptors (Lipinski definition) is 3. The maximum atomic E-state index is 5.71. The fraction of sp³-hybridized carbons (Fsp3) is 0.625. The smallest absolute Gasteiger partial charge is 0.119 e. The van der Waals surface area contributed by atoms with Crippen LogP contribution in [0, 0.1) is 5.92 Å². The molecular formula is C16H27NO2. The molecule has 0 aliphatic heterocycles. The van der Waals surface area contributed by atoms with E-state index < -0.39 is 0 Å². The molecular weight excluding hydrogens is 238 g/mol. The predicted octanol–water partition coefficient (Wildman–Crippen LogP) is 3.41. The van der Waals surface area contributed by atoms with Crippen molar-refractivity contribution in [2.45, 2.75) is 33.2 Å². The maximum absolute atomic E-state index is 5.71. The fourth-order valence-corrected chi connectivity index (χ4v) is 1.97. The Morgan fingerprint density at radius 3 is 2.63 bits per heavy atom. The second-order valence-corrected chi connectivity index (χ2v) is 5.14. The third-order valence-electron chi connectivity index (χ3n) is 2.96. The zero-order valence-corrected chi connectivity index (χ0v) is 12.6. The summed E-state index contributed by atoms with van der Waals surface area (Å²) in [6.07, 6.45) is 1.07. The van der Waals surface area contributed by atoms with Crippen LogP contribution < -0.4 is 10.1 Å². The maximum Gasteiger partial charge on any atom is 0.119 e. The third-order valence-corrected chi connectivity index (χ3v) is 2.96. The summed E-state index contributed by atoms with van der Waals surface area (Å²) in [6.45, 7) is 8.51. The lowest BCUT2D eigenvalue weighted by Crippen LogP contribution is -2.15. The summed E-state index contributed by atoms with van der Waals surface area (Å²) in [4.78, 5) is 0. The Bertz CT molecular complexity index is 348. The van der Waals surface area contributed by atoms with Crippen LogP contribution in [0.3, 0.4) is 0 Å². The molecule has 0 saturated heterocycles. The first kappa shape index (κ1) is 16.0. The van der Waals surface area contributed by atoms with Crippen LogP contribution in [-0.2, 0) is 4.74 Å². The lowest BCUT2D eigenvalue weighted by molar-refractivity contribution is 0.0818. The van der Waals surface area contributed by atoms with Crippen molar-refractivity contribution in [1.82, 2.24) is 5.32 Å². The Hall–Kier alpha value is -1.06. The molecule has 0 aliphatic rings. The normalized spacial score (nSPS) is 12.7. The van der Waals surface area contributed by atoms with Gasteiger partial charge in [-0.05, 0) is 37.1 Å². The van der Waals surface area contributed by atoms with E-state index in [-0.39, 0.29) is 0 Å². The highest BCUT2D eigenvalue weighted by Crippen LogP contribution is 2.21. The highest BCUT2D eigenvalue weighted by molar-refractivity contribution is 5.30. The van der Waals surface area contributed by atoms with Gasteiger partial charge >= 0.3 is 0 Å². The first-order valence-corrected chi connectivity index (χ1v) is 7.15. The molecule has 1 aromatic carbocycles. The minimum atomic E-state index is 0.390. The van der Waals surface area contributed by atoms with Crippen molar-refractivity contribution in [3.63, 3.8) is 0 Å². The topological polar surface area (TPSA) is 30.5 Å². The zero-order valence-electron chi connectivity index (χ0n) is 12.6. The molecule has 0 radical (unpaired) electrons. The quantitative estimate of drug-likeness (QED) is 0.694. The summed E-state index contributed by atoms with van der Waals surface area (Å²) >= 11 is 0. The molecule has 0 heterocycles. The minimum Gasteiger partial charge on any atom is -0.491 e. The highest BCUT2D eigenvalue weighted by atomic mass is 16.5. The van der Waals surface area contributed by atoms with E-state index in [1.807, 2.05) is 19.2 Å². The van der Waals surface area contributed by atoms with Gasteiger partial charge < -0.3 is 14.8 Å². The molecule has 0 fully saturated rings. The van der Waals surface area contributed by atoms with Crippen molar-refractivity contribution in [1.29, 1.82) is 0 Å². The van der Waals surface area contributed by atoms with E-state index in [9.17, 15) is 0 Å². The SMILES string of the molecule is CCC(NC)c1cccc(OCCOCC(C)C)c1. The lowest BCUT2D eigenvalue weighted by Gasteiger charge is -2.15. The molecule has 1 N–H and O–H groups in total. The third kappa shape index (κ3) is 6.08. The van der Waals surface area contributed by atoms with Gasteiger partial charge in [-0.1, -0.05) is 32.9 Å². The average Bonchev–Trinajstić information content (AvgIpc) is 2.40. The number of ether oxygens (including phenoxy) is 2. The molecule has 0 spiro atoms. The summed E-state index contributed by atoms with van der Waals surface area (Å²) in [6, 6.07) is 8.66. The molecule has 0 aromatic heterocycles. The van der Waals surface area contributed by atoms with Crippen molar-refractivity contribution in [3.05, 3.63) is 29.8 Å². The van der Waals surface area contributed by atoms with Gasteiger partial charge in [-0.3, -0.25) is 0 Å². The molecule has 1 rings (SSSR count). The first-order valence-electron chi connectivity index (χ1n) is 7.15. The number of rotatable bonds is 9. The predicted molar refractivity (Wildman–Crippen MR) is 79.7 cm³/mol. The Kier molecular flexibility index (Phi) is 7.53. The number of hydrogen-bond donors (Lipinski definition) is 1. The van der Waals surface area contributed by atoms with Crippen LogP contribution in [0.15, 0.2) is 24.3 Å². The van der Waals surface area contributed by atoms with E-state index in [1.54, 1.807) is 0 Å². The number of benzene rings is 1. The molecule has 108 valence electrons. The van der Waals surface area contributed by atoms with Gasteiger partial charge in [0.1, 0.15) is 12.4 Å². The van der Waals surface area contributed by atoms with Crippen LogP contribution in [0.1, 0.15) is 38.8 Å². The van der Waals surface area contributed by atoms with Crippen LogP contribution in [0.2, 0.25) is 0 Å². The standard InChI is InChI=1S/C16H27NO2/c1-5-16(17-4)14-7-6-8-15(11-14)19-10-9-18-12-13(2)3/h6-8,11,13,16-17H,5,9-10,12H2,1-4H3. The Labute approximate surface area is 117 Å². The average molecular weight is 265 g/mol. The Morgan fingerprint density at radius 2 is 2.00 bits per heavy atom. The van der Waals surface area contributed by atoms with Gasteiger partial charge in [0, 0.05) is 12.6 Å². The van der Waals surface area contributed by atoms with Crippen LogP contribution in [0.25, 0.3) is 0 Å². The van der Waals surface area contributed by atoms with Gasteiger partial charge in [-0.15, -0.1) is 0 Å². The van der Waals surface area contributed by atoms with Crippen molar-refractivity contribution in [2.75, 3.05) is 26.9 Å². The minimum absolute atomic E-state index is 0.390. The lowest BCUT2D eigenvalue weighted by atomic mass is 10.0. The van der Waals surface area contributed by atoms with Gasteiger partial charge in [0.05, 0.1) is 6.61 Å². The molecule has 1 unspecified atom stereocenters. The molecule has 0 bridgehead atoms. The van der Waals surface area contributed by atoms with Gasteiger partial charge in [-0.2, -0.15) is 0 Å². The Balaban J connectivity index is 2.40. The van der Waals surface area contributed by atoms with Crippen molar-refractivity contribution in [2.24, 2.45) is 5.92 Å². The second-order valence-electron chi connectivity index (χ2n) is 5.14. The largest absolute Gasteiger partial charge is 0.491 e. The number of nitrogens with one attached hydrogen (secondary N) is 1. The molecule has 19 heavy (non-hydrogen) atoms. The molecule has 0 saturated carbocycles. The van der Waals surface area contributed by atoms with Crippen LogP contribution in [0.4, 0.5) is 0 Å². The van der Waals surface area contributed by atoms with Crippen molar-refractivity contribution >= 4 is 0 Å². The van der Waals surface area contributed by atoms with Gasteiger partial charge in [0.2, 0.25) is 0 Å². The van der Waals surface area contributed by atoms with E-state index in [0.717, 1.165) is 18.8 Å². The molecule has 1 aromatic rings. The van der Waals surface area contributed by atoms with Crippen molar-refractivity contribution in [3.8, 4) is 5.75 Å². The van der Waals surface area contributed by atoms with Gasteiger partial charge in [0.15, 0.2) is 0 Å². The monoisotopic (exact) mass is 265 g/mol. The summed E-state index contributed by atoms with van der Waals surface area (Å²) in [5.74, 6) is 1.49.